The molecule has 1 aromatic heterocycles. The van der Waals surface area contributed by atoms with E-state index in [-0.39, 0.29) is 12.5 Å². The smallest absolute Gasteiger partial charge is 0.255 e. The molecular weight excluding hydrogens is 298 g/mol. The van der Waals surface area contributed by atoms with E-state index in [9.17, 15) is 4.79 Å². The van der Waals surface area contributed by atoms with Gasteiger partial charge in [-0.25, -0.2) is 4.68 Å². The molecule has 0 spiro atoms. The van der Waals surface area contributed by atoms with Crippen LogP contribution in [0.1, 0.15) is 0 Å². The van der Waals surface area contributed by atoms with Crippen molar-refractivity contribution >= 4 is 23.2 Å². The lowest BCUT2D eigenvalue weighted by Gasteiger charge is -2.22. The van der Waals surface area contributed by atoms with Gasteiger partial charge in [-0.1, -0.05) is 11.6 Å². The first-order chi connectivity index (χ1) is 10.2. The number of tetrazole rings is 1. The summed E-state index contributed by atoms with van der Waals surface area (Å²) in [6, 6.07) is 5.08. The van der Waals surface area contributed by atoms with E-state index in [1.165, 1.54) is 11.0 Å². The number of carbonyl (C=O) groups is 1. The van der Waals surface area contributed by atoms with E-state index in [0.717, 1.165) is 0 Å². The topological polar surface area (TPSA) is 91.2 Å². The Morgan fingerprint density at radius 2 is 2.33 bits per heavy atom. The first kappa shape index (κ1) is 13.9. The summed E-state index contributed by atoms with van der Waals surface area (Å²) in [6.45, 7) is 1.13. The van der Waals surface area contributed by atoms with Crippen LogP contribution in [0, 0.1) is 0 Å². The number of nitrogens with zero attached hydrogens (tertiary/aromatic N) is 4. The number of halogens is 1. The zero-order valence-electron chi connectivity index (χ0n) is 10.9. The summed E-state index contributed by atoms with van der Waals surface area (Å²) in [7, 11) is 0. The molecular formula is C12H12ClN5O3. The van der Waals surface area contributed by atoms with Crippen molar-refractivity contribution in [3.05, 3.63) is 29.5 Å². The van der Waals surface area contributed by atoms with Crippen LogP contribution in [0.15, 0.2) is 24.5 Å². The molecule has 2 heterocycles. The first-order valence-corrected chi connectivity index (χ1v) is 6.65. The second-order valence-electron chi connectivity index (χ2n) is 4.34. The Bertz CT molecular complexity index is 628. The fraction of sp³-hybridized carbons (Fsp3) is 0.333. The average Bonchev–Trinajstić information content (AvgIpc) is 3.04. The molecule has 1 aromatic carbocycles. The van der Waals surface area contributed by atoms with Gasteiger partial charge in [0.05, 0.1) is 36.2 Å². The van der Waals surface area contributed by atoms with Gasteiger partial charge in [-0.3, -0.25) is 4.79 Å². The number of amides is 1. The maximum atomic E-state index is 12.1. The Balaban J connectivity index is 1.78. The predicted octanol–water partition coefficient (Wildman–Crippen LogP) is 0.670. The first-order valence-electron chi connectivity index (χ1n) is 6.27. The molecule has 0 radical (unpaired) electrons. The number of benzene rings is 1. The predicted molar refractivity (Wildman–Crippen MR) is 73.4 cm³/mol. The van der Waals surface area contributed by atoms with Crippen molar-refractivity contribution in [2.75, 3.05) is 25.1 Å². The molecule has 1 fully saturated rings. The molecule has 9 heteroatoms. The fourth-order valence-corrected chi connectivity index (χ4v) is 2.05. The largest absolute Gasteiger partial charge is 0.376 e. The van der Waals surface area contributed by atoms with E-state index in [2.05, 4.69) is 20.8 Å². The molecule has 0 bridgehead atoms. The van der Waals surface area contributed by atoms with Crippen molar-refractivity contribution in [2.45, 2.75) is 6.10 Å². The highest BCUT2D eigenvalue weighted by Gasteiger charge is 2.23. The van der Waals surface area contributed by atoms with Crippen LogP contribution < -0.4 is 5.32 Å². The second-order valence-corrected chi connectivity index (χ2v) is 4.75. The maximum Gasteiger partial charge on any atom is 0.255 e. The monoisotopic (exact) mass is 309 g/mol. The number of hydrogen-bond donors (Lipinski definition) is 1. The maximum absolute atomic E-state index is 12.1. The van der Waals surface area contributed by atoms with Crippen molar-refractivity contribution in [3.8, 4) is 5.69 Å². The molecule has 0 aliphatic carbocycles. The van der Waals surface area contributed by atoms with Crippen LogP contribution in [0.4, 0.5) is 5.69 Å². The number of aromatic nitrogens is 4. The quantitative estimate of drug-likeness (QED) is 0.896. The molecule has 2 aromatic rings. The Hall–Kier alpha value is -2.03. The number of carbonyl (C=O) groups excluding carboxylic acids is 1. The molecule has 0 unspecified atom stereocenters. The molecule has 8 nitrogen and oxygen atoms in total. The Morgan fingerprint density at radius 1 is 1.43 bits per heavy atom. The van der Waals surface area contributed by atoms with Crippen molar-refractivity contribution in [1.82, 2.24) is 20.2 Å². The van der Waals surface area contributed by atoms with Gasteiger partial charge < -0.3 is 14.8 Å². The Morgan fingerprint density at radius 3 is 3.05 bits per heavy atom. The summed E-state index contributed by atoms with van der Waals surface area (Å²) in [4.78, 5) is 12.1. The third kappa shape index (κ3) is 3.18. The lowest BCUT2D eigenvalue weighted by molar-refractivity contribution is -0.142. The lowest BCUT2D eigenvalue weighted by Crippen LogP contribution is -2.39. The standard InChI is InChI=1S/C12H12ClN5O3/c13-9-2-1-8(18-7-14-16-17-18)5-10(9)15-12(19)11-6-20-3-4-21-11/h1-2,5,7,11H,3-4,6H2,(H,15,19)/t11-/m1/s1. The molecule has 1 aliphatic heterocycles. The number of anilines is 1. The highest BCUT2D eigenvalue weighted by molar-refractivity contribution is 6.33. The number of hydrogen-bond acceptors (Lipinski definition) is 6. The van der Waals surface area contributed by atoms with Crippen LogP contribution in [-0.4, -0.2) is 52.0 Å². The number of ether oxygens (including phenoxy) is 2. The summed E-state index contributed by atoms with van der Waals surface area (Å²) in [5, 5.41) is 14.0. The van der Waals surface area contributed by atoms with E-state index in [1.807, 2.05) is 0 Å². The van der Waals surface area contributed by atoms with E-state index < -0.39 is 6.10 Å². The zero-order valence-corrected chi connectivity index (χ0v) is 11.7. The average molecular weight is 310 g/mol. The van der Waals surface area contributed by atoms with E-state index >= 15 is 0 Å². The second kappa shape index (κ2) is 6.17. The van der Waals surface area contributed by atoms with Crippen molar-refractivity contribution < 1.29 is 14.3 Å². The molecule has 21 heavy (non-hydrogen) atoms. The van der Waals surface area contributed by atoms with Crippen LogP contribution in [0.2, 0.25) is 5.02 Å². The van der Waals surface area contributed by atoms with Crippen molar-refractivity contribution in [2.24, 2.45) is 0 Å². The fourth-order valence-electron chi connectivity index (χ4n) is 1.88. The van der Waals surface area contributed by atoms with Crippen molar-refractivity contribution in [3.63, 3.8) is 0 Å². The summed E-state index contributed by atoms with van der Waals surface area (Å²) in [5.41, 5.74) is 1.14. The van der Waals surface area contributed by atoms with Crippen LogP contribution in [-0.2, 0) is 14.3 Å². The Kier molecular flexibility index (Phi) is 4.09. The van der Waals surface area contributed by atoms with Crippen LogP contribution in [0.25, 0.3) is 5.69 Å². The highest BCUT2D eigenvalue weighted by Crippen LogP contribution is 2.24. The molecule has 110 valence electrons. The minimum absolute atomic E-state index is 0.232. The normalized spacial score (nSPS) is 18.4. The summed E-state index contributed by atoms with van der Waals surface area (Å²) >= 11 is 6.09. The SMILES string of the molecule is O=C(Nc1cc(-n2cnnn2)ccc1Cl)[C@H]1COCCO1. The minimum atomic E-state index is -0.633. The van der Waals surface area contributed by atoms with Gasteiger partial charge in [0, 0.05) is 0 Å². The van der Waals surface area contributed by atoms with Gasteiger partial charge in [0.15, 0.2) is 6.10 Å². The lowest BCUT2D eigenvalue weighted by atomic mass is 10.2. The van der Waals surface area contributed by atoms with Gasteiger partial charge in [0.2, 0.25) is 0 Å². The van der Waals surface area contributed by atoms with Crippen LogP contribution >= 0.6 is 11.6 Å². The molecule has 3 rings (SSSR count). The van der Waals surface area contributed by atoms with Gasteiger partial charge >= 0.3 is 0 Å². The summed E-state index contributed by atoms with van der Waals surface area (Å²) in [6.07, 6.45) is 0.818. The van der Waals surface area contributed by atoms with E-state index in [1.54, 1.807) is 18.2 Å². The van der Waals surface area contributed by atoms with Gasteiger partial charge in [-0.15, -0.1) is 5.10 Å². The Labute approximate surface area is 125 Å². The van der Waals surface area contributed by atoms with Gasteiger partial charge in [-0.05, 0) is 28.6 Å². The van der Waals surface area contributed by atoms with E-state index in [0.29, 0.717) is 29.6 Å². The van der Waals surface area contributed by atoms with Gasteiger partial charge in [-0.2, -0.15) is 0 Å². The molecule has 1 N–H and O–H groups in total. The molecule has 1 aliphatic rings. The van der Waals surface area contributed by atoms with Gasteiger partial charge in [0.25, 0.3) is 5.91 Å². The van der Waals surface area contributed by atoms with Crippen molar-refractivity contribution in [1.29, 1.82) is 0 Å². The third-order valence-electron chi connectivity index (χ3n) is 2.93. The molecule has 0 saturated carbocycles. The molecule has 1 saturated heterocycles. The summed E-state index contributed by atoms with van der Waals surface area (Å²) in [5.74, 6) is -0.300. The minimum Gasteiger partial charge on any atom is -0.376 e. The molecule has 1 amide bonds. The molecule has 1 atom stereocenters. The number of rotatable bonds is 3. The third-order valence-corrected chi connectivity index (χ3v) is 3.26. The summed E-state index contributed by atoms with van der Waals surface area (Å²) < 4.78 is 12.0. The van der Waals surface area contributed by atoms with Crippen LogP contribution in [0.5, 0.6) is 0 Å². The van der Waals surface area contributed by atoms with Gasteiger partial charge in [0.1, 0.15) is 6.33 Å². The zero-order chi connectivity index (χ0) is 14.7. The van der Waals surface area contributed by atoms with E-state index in [4.69, 9.17) is 21.1 Å². The number of nitrogens with one attached hydrogen (secondary N) is 1. The van der Waals surface area contributed by atoms with Crippen LogP contribution in [0.3, 0.4) is 0 Å². The highest BCUT2D eigenvalue weighted by atomic mass is 35.5.